The maximum absolute atomic E-state index is 12.9. The topological polar surface area (TPSA) is 569 Å². The first-order valence-corrected chi connectivity index (χ1v) is 26.5. The normalized spacial score (nSPS) is 13.2. The fraction of sp³-hybridized carbons (Fsp3) is 0.568. The van der Waals surface area contributed by atoms with Gasteiger partial charge in [-0.25, -0.2) is 4.79 Å². The summed E-state index contributed by atoms with van der Waals surface area (Å²) in [6.45, 7) is -1.12. The average Bonchev–Trinajstić information content (AvgIpc) is 3.42. The minimum absolute atomic E-state index is 0.000251. The smallest absolute Gasteiger partial charge is 0.327 e. The third-order valence-corrected chi connectivity index (χ3v) is 11.4. The average molecular weight is 1220 g/mol. The van der Waals surface area contributed by atoms with Crippen LogP contribution in [-0.4, -0.2) is 198 Å². The van der Waals surface area contributed by atoms with Gasteiger partial charge in [-0.15, -0.1) is 18.8 Å². The number of primary amides is 2. The van der Waals surface area contributed by atoms with Crippen LogP contribution in [0.15, 0.2) is 9.98 Å². The van der Waals surface area contributed by atoms with E-state index in [-0.39, 0.29) is 93.1 Å². The molecule has 0 aliphatic heterocycles. The second-order valence-electron chi connectivity index (χ2n) is 16.6. The third kappa shape index (κ3) is 35.4. The number of nitrogens with one attached hydrogen (secondary N) is 10. The molecule has 12 amide bonds. The molecular formula is C44H73N19O14S4. The second kappa shape index (κ2) is 43.0. The van der Waals surface area contributed by atoms with Gasteiger partial charge in [0, 0.05) is 48.9 Å². The molecule has 0 aromatic rings. The highest BCUT2D eigenvalue weighted by atomic mass is 32.1. The van der Waals surface area contributed by atoms with Crippen molar-refractivity contribution >= 4 is 139 Å². The standard InChI is InChI=1S/C23H37N9O8S2.C21H36N10O6S2/c1-2-3-6-17(34)30-14(10-41)21(38)31-13(8-16(24)33)19(36)28-9-18(35)29-12(5-4-7-27-23(25)26)20(37)32-15(11-42)22(39)40;1-2-5-26-19(36)14(10-39)31-20(37)12(4-3-6-27-21(24)25)29-16(33)8-28-18(35)13(7-15(23)32)30-17(34)11(22)9-38/h1,12-15,41-42H,3-11H2,(H2,24,33)(H,28,36)(H,29,35)(H,30,34)(H,31,38)(H,32,37)(H,39,40)(H4,25,26,27);1,11-14,38-39H,3-10,22H2,(H2,23,32)(H,26,36)(H,28,35)(H,29,33)(H,30,34)(H,31,37)(H4,24,25,27)/t12-,13-,14-,15-;11-,12-,13-,14-/m11/s1. The lowest BCUT2D eigenvalue weighted by Crippen LogP contribution is -2.57. The van der Waals surface area contributed by atoms with Crippen molar-refractivity contribution in [2.45, 2.75) is 99.7 Å². The number of terminal acetylenes is 2. The number of hydrogen-bond acceptors (Lipinski definition) is 20. The minimum Gasteiger partial charge on any atom is -0.480 e. The van der Waals surface area contributed by atoms with E-state index in [1.54, 1.807) is 0 Å². The Morgan fingerprint density at radius 3 is 1.20 bits per heavy atom. The Morgan fingerprint density at radius 1 is 0.457 bits per heavy atom. The van der Waals surface area contributed by atoms with Crippen LogP contribution >= 0.6 is 50.5 Å². The van der Waals surface area contributed by atoms with Gasteiger partial charge in [0.25, 0.3) is 0 Å². The van der Waals surface area contributed by atoms with Crippen LogP contribution in [0.1, 0.15) is 51.4 Å². The van der Waals surface area contributed by atoms with E-state index in [1.165, 1.54) is 0 Å². The molecule has 0 spiro atoms. The Hall–Kier alpha value is -7.87. The third-order valence-electron chi connectivity index (χ3n) is 9.96. The maximum Gasteiger partial charge on any atom is 0.327 e. The van der Waals surface area contributed by atoms with Gasteiger partial charge in [-0.2, -0.15) is 50.5 Å². The Bertz CT molecular complexity index is 2330. The molecule has 0 aliphatic carbocycles. The number of carbonyl (C=O) groups excluding carboxylic acids is 12. The van der Waals surface area contributed by atoms with Crippen LogP contribution in [0.25, 0.3) is 0 Å². The Morgan fingerprint density at radius 2 is 0.827 bits per heavy atom. The van der Waals surface area contributed by atoms with Crippen molar-refractivity contribution in [3.05, 3.63) is 0 Å². The van der Waals surface area contributed by atoms with Crippen molar-refractivity contribution in [3.63, 3.8) is 0 Å². The number of nitrogens with two attached hydrogens (primary N) is 7. The number of aliphatic imine (C=N–C) groups is 2. The molecule has 81 heavy (non-hydrogen) atoms. The van der Waals surface area contributed by atoms with E-state index in [1.807, 2.05) is 0 Å². The molecule has 0 aliphatic rings. The Labute approximate surface area is 488 Å². The fourth-order valence-electron chi connectivity index (χ4n) is 5.90. The highest BCUT2D eigenvalue weighted by Crippen LogP contribution is 2.04. The number of carboxylic acids is 1. The minimum atomic E-state index is -1.52. The summed E-state index contributed by atoms with van der Waals surface area (Å²) in [6.07, 6.45) is 9.68. The maximum atomic E-state index is 12.9. The number of hydrogen-bond donors (Lipinski definition) is 22. The number of amides is 12. The summed E-state index contributed by atoms with van der Waals surface area (Å²) in [5.74, 6) is -7.22. The molecule has 0 aromatic carbocycles. The molecule has 0 radical (unpaired) electrons. The van der Waals surface area contributed by atoms with E-state index in [2.05, 4.69) is 126 Å². The van der Waals surface area contributed by atoms with E-state index in [0.717, 1.165) is 0 Å². The van der Waals surface area contributed by atoms with Crippen LogP contribution in [-0.2, 0) is 62.3 Å². The lowest BCUT2D eigenvalue weighted by Gasteiger charge is -2.22. The molecule has 0 unspecified atom stereocenters. The first kappa shape index (κ1) is 75.2. The molecule has 25 N–H and O–H groups in total. The van der Waals surface area contributed by atoms with Gasteiger partial charge in [0.1, 0.15) is 42.3 Å². The highest BCUT2D eigenvalue weighted by Gasteiger charge is 2.31. The SMILES string of the molecule is C#CCCC(=O)N[C@H](CS)C(=O)N[C@H](CC(N)=O)C(=O)NCC(=O)N[C@H](CCCN=C(N)N)C(=O)N[C@H](CS)C(=O)O.C#CCNC(=O)[C@@H](CS)NC(=O)[C@@H](CCCN=C(N)N)NC(=O)CNC(=O)[C@@H](CC(N)=O)NC(=O)[C@H](N)CS. The summed E-state index contributed by atoms with van der Waals surface area (Å²) >= 11 is 15.8. The molecule has 0 saturated carbocycles. The summed E-state index contributed by atoms with van der Waals surface area (Å²) in [5, 5.41) is 32.5. The van der Waals surface area contributed by atoms with E-state index in [0.29, 0.717) is 0 Å². The van der Waals surface area contributed by atoms with Crippen molar-refractivity contribution in [3.8, 4) is 24.7 Å². The molecule has 0 heterocycles. The van der Waals surface area contributed by atoms with Crippen molar-refractivity contribution < 1.29 is 67.4 Å². The van der Waals surface area contributed by atoms with Gasteiger partial charge in [0.2, 0.25) is 70.9 Å². The number of thiol groups is 4. The molecule has 37 heteroatoms. The van der Waals surface area contributed by atoms with Gasteiger partial charge in [-0.1, -0.05) is 5.92 Å². The summed E-state index contributed by atoms with van der Waals surface area (Å²) in [6, 6.07) is -9.90. The number of carboxylic acid groups (broad SMARTS) is 1. The Kier molecular flexibility index (Phi) is 39.9. The molecule has 0 aromatic heterocycles. The van der Waals surface area contributed by atoms with Crippen LogP contribution < -0.4 is 93.3 Å². The van der Waals surface area contributed by atoms with Crippen molar-refractivity contribution in [1.29, 1.82) is 0 Å². The zero-order chi connectivity index (χ0) is 62.2. The quantitative estimate of drug-likeness (QED) is 0.00897. The van der Waals surface area contributed by atoms with Crippen LogP contribution in [0.2, 0.25) is 0 Å². The predicted octanol–water partition coefficient (Wildman–Crippen LogP) is -10.2. The molecule has 0 fully saturated rings. The van der Waals surface area contributed by atoms with E-state index in [4.69, 9.17) is 53.0 Å². The van der Waals surface area contributed by atoms with Crippen LogP contribution in [0.3, 0.4) is 0 Å². The van der Waals surface area contributed by atoms with Gasteiger partial charge in [0.15, 0.2) is 11.9 Å². The van der Waals surface area contributed by atoms with E-state index >= 15 is 0 Å². The molecular weight excluding hydrogens is 1150 g/mol. The van der Waals surface area contributed by atoms with Crippen LogP contribution in [0, 0.1) is 24.7 Å². The predicted molar refractivity (Wildman–Crippen MR) is 308 cm³/mol. The first-order valence-electron chi connectivity index (χ1n) is 24.0. The zero-order valence-corrected chi connectivity index (χ0v) is 47.4. The molecule has 33 nitrogen and oxygen atoms in total. The fourth-order valence-corrected chi connectivity index (χ4v) is 6.83. The highest BCUT2D eigenvalue weighted by molar-refractivity contribution is 7.80. The van der Waals surface area contributed by atoms with Gasteiger partial charge in [-0.05, 0) is 25.7 Å². The number of guanidine groups is 2. The molecule has 8 atom stereocenters. The Balaban J connectivity index is 0. The molecule has 0 saturated heterocycles. The van der Waals surface area contributed by atoms with Gasteiger partial charge < -0.3 is 98.4 Å². The lowest BCUT2D eigenvalue weighted by molar-refractivity contribution is -0.141. The number of carbonyl (C=O) groups is 13. The van der Waals surface area contributed by atoms with Gasteiger partial charge in [-0.3, -0.25) is 67.5 Å². The lowest BCUT2D eigenvalue weighted by atomic mass is 10.1. The number of rotatable bonds is 38. The molecule has 0 rings (SSSR count). The summed E-state index contributed by atoms with van der Waals surface area (Å²) < 4.78 is 0. The monoisotopic (exact) mass is 1220 g/mol. The van der Waals surface area contributed by atoms with Gasteiger partial charge >= 0.3 is 5.97 Å². The van der Waals surface area contributed by atoms with Gasteiger partial charge in [0.05, 0.1) is 38.5 Å². The summed E-state index contributed by atoms with van der Waals surface area (Å²) in [4.78, 5) is 166. The van der Waals surface area contributed by atoms with Crippen molar-refractivity contribution in [2.75, 3.05) is 55.7 Å². The number of nitrogens with zero attached hydrogens (tertiary/aromatic N) is 2. The zero-order valence-electron chi connectivity index (χ0n) is 43.8. The number of aliphatic carboxylic acids is 1. The van der Waals surface area contributed by atoms with E-state index in [9.17, 15) is 67.4 Å². The van der Waals surface area contributed by atoms with Crippen molar-refractivity contribution in [1.82, 2.24) is 53.2 Å². The van der Waals surface area contributed by atoms with Crippen molar-refractivity contribution in [2.24, 2.45) is 50.1 Å². The first-order chi connectivity index (χ1) is 38.1. The van der Waals surface area contributed by atoms with Crippen LogP contribution in [0.4, 0.5) is 0 Å². The summed E-state index contributed by atoms with van der Waals surface area (Å²) in [7, 11) is 0. The second-order valence-corrected chi connectivity index (χ2v) is 18.0. The largest absolute Gasteiger partial charge is 0.480 e. The molecule has 0 bridgehead atoms. The van der Waals surface area contributed by atoms with E-state index < -0.39 is 151 Å². The molecule has 452 valence electrons. The van der Waals surface area contributed by atoms with Crippen LogP contribution in [0.5, 0.6) is 0 Å². The summed E-state index contributed by atoms with van der Waals surface area (Å²) in [5.41, 5.74) is 37.0.